The molecule has 0 aliphatic carbocycles. The molecule has 162 valence electrons. The van der Waals surface area contributed by atoms with E-state index in [1.54, 1.807) is 0 Å². The van der Waals surface area contributed by atoms with Gasteiger partial charge in [-0.1, -0.05) is 62.7 Å². The first-order valence-electron chi connectivity index (χ1n) is 10.8. The summed E-state index contributed by atoms with van der Waals surface area (Å²) in [6.07, 6.45) is 0.750. The minimum atomic E-state index is 0.0905. The molecule has 0 radical (unpaired) electrons. The van der Waals surface area contributed by atoms with Crippen molar-refractivity contribution in [2.24, 2.45) is 0 Å². The summed E-state index contributed by atoms with van der Waals surface area (Å²) in [5.74, 6) is 0.971. The van der Waals surface area contributed by atoms with Gasteiger partial charge in [0.15, 0.2) is 0 Å². The van der Waals surface area contributed by atoms with Gasteiger partial charge in [0, 0.05) is 49.7 Å². The molecule has 0 atom stereocenters. The second-order valence-corrected chi connectivity index (χ2v) is 9.99. The van der Waals surface area contributed by atoms with Crippen LogP contribution in [0.4, 0.5) is 5.13 Å². The van der Waals surface area contributed by atoms with E-state index >= 15 is 0 Å². The second-order valence-electron chi connectivity index (χ2n) is 9.26. The normalized spacial score (nSPS) is 14.7. The lowest BCUT2D eigenvalue weighted by atomic mass is 9.86. The predicted octanol–water partition coefficient (Wildman–Crippen LogP) is 4.70. The van der Waals surface area contributed by atoms with Crippen LogP contribution in [-0.4, -0.2) is 46.3 Å². The first-order chi connectivity index (χ1) is 14.8. The number of benzene rings is 2. The summed E-state index contributed by atoms with van der Waals surface area (Å²) >= 11 is 1.45. The molecule has 2 heterocycles. The number of aromatic nitrogens is 2. The van der Waals surface area contributed by atoms with Gasteiger partial charge in [-0.15, -0.1) is 0 Å². The van der Waals surface area contributed by atoms with Crippen molar-refractivity contribution in [1.29, 1.82) is 0 Å². The largest absolute Gasteiger partial charge is 0.343 e. The number of piperazine rings is 1. The fraction of sp³-hybridized carbons (Fsp3) is 0.400. The average Bonchev–Trinajstić information content (AvgIpc) is 3.23. The van der Waals surface area contributed by atoms with E-state index in [1.807, 2.05) is 17.0 Å². The zero-order valence-electron chi connectivity index (χ0n) is 18.8. The topological polar surface area (TPSA) is 49.3 Å². The zero-order valence-corrected chi connectivity index (χ0v) is 19.6. The van der Waals surface area contributed by atoms with Crippen LogP contribution in [0, 0.1) is 6.92 Å². The summed E-state index contributed by atoms with van der Waals surface area (Å²) < 4.78 is 4.55. The molecule has 31 heavy (non-hydrogen) atoms. The Bertz CT molecular complexity index is 1030. The molecule has 6 heteroatoms. The van der Waals surface area contributed by atoms with E-state index in [2.05, 4.69) is 73.4 Å². The van der Waals surface area contributed by atoms with Gasteiger partial charge in [0.1, 0.15) is 5.82 Å². The summed E-state index contributed by atoms with van der Waals surface area (Å²) in [6, 6.07) is 16.6. The van der Waals surface area contributed by atoms with E-state index in [0.717, 1.165) is 36.0 Å². The molecule has 1 amide bonds. The third-order valence-corrected chi connectivity index (χ3v) is 6.59. The lowest BCUT2D eigenvalue weighted by Gasteiger charge is -2.34. The summed E-state index contributed by atoms with van der Waals surface area (Å²) in [5, 5.41) is 0.948. The average molecular weight is 435 g/mol. The number of hydrogen-bond donors (Lipinski definition) is 0. The lowest BCUT2D eigenvalue weighted by Crippen LogP contribution is -2.48. The molecule has 0 N–H and O–H groups in total. The van der Waals surface area contributed by atoms with Gasteiger partial charge in [0.2, 0.25) is 5.13 Å². The standard InChI is InChI=1S/C25H30N4OS/c1-18-5-7-19(8-6-18)17-22-26-24(31-27-22)29-15-13-28(14-16-29)23(30)20-9-11-21(12-10-20)25(2,3)4/h5-12H,13-17H2,1-4H3. The fourth-order valence-electron chi connectivity index (χ4n) is 3.73. The minimum Gasteiger partial charge on any atom is -0.343 e. The maximum absolute atomic E-state index is 12.9. The number of rotatable bonds is 4. The molecule has 0 bridgehead atoms. The fourth-order valence-corrected chi connectivity index (χ4v) is 4.47. The van der Waals surface area contributed by atoms with Gasteiger partial charge in [-0.2, -0.15) is 4.37 Å². The van der Waals surface area contributed by atoms with Crippen LogP contribution in [0.25, 0.3) is 0 Å². The molecule has 0 saturated carbocycles. The van der Waals surface area contributed by atoms with Crippen molar-refractivity contribution in [2.45, 2.75) is 39.5 Å². The van der Waals surface area contributed by atoms with E-state index in [0.29, 0.717) is 13.1 Å². The SMILES string of the molecule is Cc1ccc(Cc2nsc(N3CCN(C(=O)c4ccc(C(C)(C)C)cc4)CC3)n2)cc1. The predicted molar refractivity (Wildman–Crippen MR) is 127 cm³/mol. The van der Waals surface area contributed by atoms with E-state index in [9.17, 15) is 4.79 Å². The first-order valence-corrected chi connectivity index (χ1v) is 11.6. The first kappa shape index (κ1) is 21.5. The molecule has 0 unspecified atom stereocenters. The Labute approximate surface area is 188 Å². The van der Waals surface area contributed by atoms with Crippen LogP contribution >= 0.6 is 11.5 Å². The lowest BCUT2D eigenvalue weighted by molar-refractivity contribution is 0.0746. The van der Waals surface area contributed by atoms with E-state index in [4.69, 9.17) is 4.98 Å². The smallest absolute Gasteiger partial charge is 0.253 e. The maximum atomic E-state index is 12.9. The van der Waals surface area contributed by atoms with Crippen LogP contribution in [0.3, 0.4) is 0 Å². The Kier molecular flexibility index (Phi) is 6.10. The van der Waals surface area contributed by atoms with Gasteiger partial charge in [-0.05, 0) is 35.6 Å². The summed E-state index contributed by atoms with van der Waals surface area (Å²) in [7, 11) is 0. The van der Waals surface area contributed by atoms with Gasteiger partial charge in [0.25, 0.3) is 5.91 Å². The Morgan fingerprint density at radius 2 is 1.61 bits per heavy atom. The highest BCUT2D eigenvalue weighted by atomic mass is 32.1. The quantitative estimate of drug-likeness (QED) is 0.597. The third-order valence-electron chi connectivity index (χ3n) is 5.78. The van der Waals surface area contributed by atoms with Crippen molar-refractivity contribution in [1.82, 2.24) is 14.3 Å². The molecule has 1 aliphatic rings. The summed E-state index contributed by atoms with van der Waals surface area (Å²) in [5.41, 5.74) is 4.58. The molecule has 5 nitrogen and oxygen atoms in total. The van der Waals surface area contributed by atoms with Gasteiger partial charge >= 0.3 is 0 Å². The number of carbonyl (C=O) groups is 1. The van der Waals surface area contributed by atoms with Crippen molar-refractivity contribution in [2.75, 3.05) is 31.1 Å². The van der Waals surface area contributed by atoms with Crippen LogP contribution < -0.4 is 4.90 Å². The Morgan fingerprint density at radius 1 is 0.968 bits per heavy atom. The highest BCUT2D eigenvalue weighted by Crippen LogP contribution is 2.24. The number of nitrogens with zero attached hydrogens (tertiary/aromatic N) is 4. The Hall–Kier alpha value is -2.73. The number of aryl methyl sites for hydroxylation is 1. The van der Waals surface area contributed by atoms with Crippen molar-refractivity contribution >= 4 is 22.6 Å². The molecule has 1 saturated heterocycles. The highest BCUT2D eigenvalue weighted by molar-refractivity contribution is 7.09. The zero-order chi connectivity index (χ0) is 22.0. The number of anilines is 1. The van der Waals surface area contributed by atoms with E-state index in [-0.39, 0.29) is 11.3 Å². The molecule has 1 fully saturated rings. The van der Waals surface area contributed by atoms with Gasteiger partial charge < -0.3 is 9.80 Å². The van der Waals surface area contributed by atoms with Crippen LogP contribution in [0.1, 0.15) is 53.6 Å². The molecule has 2 aromatic carbocycles. The van der Waals surface area contributed by atoms with Gasteiger partial charge in [-0.3, -0.25) is 4.79 Å². The third kappa shape index (κ3) is 5.13. The summed E-state index contributed by atoms with van der Waals surface area (Å²) in [4.78, 5) is 21.8. The van der Waals surface area contributed by atoms with Crippen LogP contribution in [0.2, 0.25) is 0 Å². The van der Waals surface area contributed by atoms with Gasteiger partial charge in [-0.25, -0.2) is 4.98 Å². The molecule has 1 aromatic heterocycles. The minimum absolute atomic E-state index is 0.0905. The molecule has 1 aliphatic heterocycles. The number of amides is 1. The number of hydrogen-bond acceptors (Lipinski definition) is 5. The van der Waals surface area contributed by atoms with Crippen LogP contribution in [-0.2, 0) is 11.8 Å². The monoisotopic (exact) mass is 434 g/mol. The highest BCUT2D eigenvalue weighted by Gasteiger charge is 2.24. The van der Waals surface area contributed by atoms with Crippen molar-refractivity contribution in [3.05, 3.63) is 76.6 Å². The van der Waals surface area contributed by atoms with Crippen molar-refractivity contribution < 1.29 is 4.79 Å². The molecule has 4 rings (SSSR count). The van der Waals surface area contributed by atoms with Gasteiger partial charge in [0.05, 0.1) is 0 Å². The Balaban J connectivity index is 1.34. The van der Waals surface area contributed by atoms with Crippen molar-refractivity contribution in [3.8, 4) is 0 Å². The summed E-state index contributed by atoms with van der Waals surface area (Å²) in [6.45, 7) is 11.6. The molecule has 3 aromatic rings. The molecule has 0 spiro atoms. The van der Waals surface area contributed by atoms with E-state index < -0.39 is 0 Å². The molecular weight excluding hydrogens is 404 g/mol. The Morgan fingerprint density at radius 3 is 2.23 bits per heavy atom. The molecular formula is C25H30N4OS. The van der Waals surface area contributed by atoms with Crippen molar-refractivity contribution in [3.63, 3.8) is 0 Å². The van der Waals surface area contributed by atoms with E-state index in [1.165, 1.54) is 28.2 Å². The van der Waals surface area contributed by atoms with Crippen LogP contribution in [0.15, 0.2) is 48.5 Å². The van der Waals surface area contributed by atoms with Crippen LogP contribution in [0.5, 0.6) is 0 Å². The number of carbonyl (C=O) groups excluding carboxylic acids is 1. The second kappa shape index (κ2) is 8.79. The maximum Gasteiger partial charge on any atom is 0.253 e.